The molecule has 158 valence electrons. The summed E-state index contributed by atoms with van der Waals surface area (Å²) in [6, 6.07) is 11.0. The fraction of sp³-hybridized carbons (Fsp3) is 0.480. The number of aromatic nitrogens is 1. The summed E-state index contributed by atoms with van der Waals surface area (Å²) in [7, 11) is 2.21. The molecule has 2 fully saturated rings. The van der Waals surface area contributed by atoms with E-state index in [4.69, 9.17) is 16.6 Å². The standard InChI is InChI=1S/C25H31ClN4/c1-28-12-14-29(15-13-28)18-20-16-19-6-5-9-27-24(19)25(30-10-3-2-4-11-30)22-8-7-21(26)17-23(20)22/h5-9,16-17,25H,2-4,10-15,18H2,1H3. The van der Waals surface area contributed by atoms with Gasteiger partial charge in [-0.1, -0.05) is 30.2 Å². The van der Waals surface area contributed by atoms with Crippen molar-refractivity contribution < 1.29 is 0 Å². The van der Waals surface area contributed by atoms with Crippen molar-refractivity contribution in [3.05, 3.63) is 63.9 Å². The SMILES string of the molecule is CN1CCN(CC2=Cc3cccnc3C(N3CCCCC3)c3ccc(Cl)cc32)CC1. The Bertz CT molecular complexity index is 926. The van der Waals surface area contributed by atoms with Crippen molar-refractivity contribution in [2.24, 2.45) is 0 Å². The third kappa shape index (κ3) is 4.06. The van der Waals surface area contributed by atoms with Gasteiger partial charge in [0.25, 0.3) is 0 Å². The number of halogens is 1. The van der Waals surface area contributed by atoms with Crippen molar-refractivity contribution >= 4 is 23.3 Å². The summed E-state index contributed by atoms with van der Waals surface area (Å²) in [5.41, 5.74) is 6.47. The molecule has 0 N–H and O–H groups in total. The molecule has 4 nitrogen and oxygen atoms in total. The van der Waals surface area contributed by atoms with E-state index in [0.29, 0.717) is 0 Å². The highest BCUT2D eigenvalue weighted by Crippen LogP contribution is 2.41. The normalized spacial score (nSPS) is 23.4. The number of piperidine rings is 1. The second kappa shape index (κ2) is 8.80. The maximum absolute atomic E-state index is 6.53. The van der Waals surface area contributed by atoms with Crippen molar-refractivity contribution in [3.8, 4) is 0 Å². The maximum atomic E-state index is 6.53. The van der Waals surface area contributed by atoms with Gasteiger partial charge in [0.2, 0.25) is 0 Å². The van der Waals surface area contributed by atoms with Gasteiger partial charge in [-0.25, -0.2) is 0 Å². The molecule has 1 atom stereocenters. The van der Waals surface area contributed by atoms with Gasteiger partial charge in [0.1, 0.15) is 0 Å². The lowest BCUT2D eigenvalue weighted by Crippen LogP contribution is -2.44. The molecule has 3 aliphatic rings. The zero-order valence-corrected chi connectivity index (χ0v) is 18.6. The molecule has 5 rings (SSSR count). The highest BCUT2D eigenvalue weighted by Gasteiger charge is 2.32. The van der Waals surface area contributed by atoms with E-state index >= 15 is 0 Å². The van der Waals surface area contributed by atoms with Crippen LogP contribution in [0.3, 0.4) is 0 Å². The third-order valence-electron chi connectivity index (χ3n) is 6.86. The maximum Gasteiger partial charge on any atom is 0.0788 e. The Morgan fingerprint density at radius 2 is 1.80 bits per heavy atom. The van der Waals surface area contributed by atoms with Crippen LogP contribution in [0.4, 0.5) is 0 Å². The van der Waals surface area contributed by atoms with E-state index in [9.17, 15) is 0 Å². The molecule has 2 aliphatic heterocycles. The Morgan fingerprint density at radius 3 is 2.60 bits per heavy atom. The lowest BCUT2D eigenvalue weighted by Gasteiger charge is -2.36. The van der Waals surface area contributed by atoms with Crippen LogP contribution < -0.4 is 0 Å². The second-order valence-electron chi connectivity index (χ2n) is 8.96. The van der Waals surface area contributed by atoms with E-state index in [1.54, 1.807) is 0 Å². The third-order valence-corrected chi connectivity index (χ3v) is 7.10. The minimum absolute atomic E-state index is 0.204. The smallest absolute Gasteiger partial charge is 0.0788 e. The Hall–Kier alpha value is -1.72. The van der Waals surface area contributed by atoms with Crippen LogP contribution in [-0.4, -0.2) is 72.5 Å². The molecule has 1 aromatic heterocycles. The van der Waals surface area contributed by atoms with E-state index < -0.39 is 0 Å². The van der Waals surface area contributed by atoms with Gasteiger partial charge in [0.05, 0.1) is 11.7 Å². The molecular weight excluding hydrogens is 392 g/mol. The van der Waals surface area contributed by atoms with Crippen LogP contribution >= 0.6 is 11.6 Å². The molecule has 2 aromatic rings. The van der Waals surface area contributed by atoms with Gasteiger partial charge in [0.15, 0.2) is 0 Å². The molecule has 0 spiro atoms. The van der Waals surface area contributed by atoms with Crippen molar-refractivity contribution in [2.45, 2.75) is 25.3 Å². The minimum Gasteiger partial charge on any atom is -0.304 e. The van der Waals surface area contributed by atoms with Crippen LogP contribution in [0.5, 0.6) is 0 Å². The average molecular weight is 423 g/mol. The minimum atomic E-state index is 0.204. The number of hydrogen-bond donors (Lipinski definition) is 0. The first-order valence-corrected chi connectivity index (χ1v) is 11.7. The Kier molecular flexibility index (Phi) is 5.92. The molecule has 2 saturated heterocycles. The lowest BCUT2D eigenvalue weighted by atomic mass is 9.92. The molecule has 0 bridgehead atoms. The summed E-state index contributed by atoms with van der Waals surface area (Å²) < 4.78 is 0. The molecule has 1 aliphatic carbocycles. The summed E-state index contributed by atoms with van der Waals surface area (Å²) in [5, 5.41) is 0.814. The zero-order valence-electron chi connectivity index (χ0n) is 17.9. The van der Waals surface area contributed by atoms with Gasteiger partial charge in [-0.2, -0.15) is 0 Å². The average Bonchev–Trinajstić information content (AvgIpc) is 2.90. The molecule has 0 saturated carbocycles. The van der Waals surface area contributed by atoms with Gasteiger partial charge in [0, 0.05) is 43.9 Å². The highest BCUT2D eigenvalue weighted by atomic mass is 35.5. The van der Waals surface area contributed by atoms with Gasteiger partial charge in [-0.15, -0.1) is 0 Å². The number of benzene rings is 1. The molecule has 0 radical (unpaired) electrons. The van der Waals surface area contributed by atoms with E-state index in [1.807, 2.05) is 6.20 Å². The van der Waals surface area contributed by atoms with Crippen molar-refractivity contribution in [2.75, 3.05) is 52.9 Å². The Balaban J connectivity index is 1.59. The molecule has 1 aromatic carbocycles. The van der Waals surface area contributed by atoms with Crippen LogP contribution in [0, 0.1) is 0 Å². The summed E-state index contributed by atoms with van der Waals surface area (Å²) >= 11 is 6.53. The summed E-state index contributed by atoms with van der Waals surface area (Å²) in [5.74, 6) is 0. The predicted octanol–water partition coefficient (Wildman–Crippen LogP) is 4.41. The van der Waals surface area contributed by atoms with Crippen LogP contribution in [0.25, 0.3) is 11.6 Å². The lowest BCUT2D eigenvalue weighted by molar-refractivity contribution is 0.168. The number of likely N-dealkylation sites (tertiary alicyclic amines) is 1. The number of fused-ring (bicyclic) bond motifs is 2. The van der Waals surface area contributed by atoms with Gasteiger partial charge >= 0.3 is 0 Å². The van der Waals surface area contributed by atoms with Crippen molar-refractivity contribution in [1.29, 1.82) is 0 Å². The summed E-state index contributed by atoms with van der Waals surface area (Å²) in [4.78, 5) is 12.5. The number of hydrogen-bond acceptors (Lipinski definition) is 4. The molecule has 0 amide bonds. The van der Waals surface area contributed by atoms with Crippen LogP contribution in [0.15, 0.2) is 36.5 Å². The molecule has 3 heterocycles. The second-order valence-corrected chi connectivity index (χ2v) is 9.39. The zero-order chi connectivity index (χ0) is 20.5. The quantitative estimate of drug-likeness (QED) is 0.730. The first-order valence-electron chi connectivity index (χ1n) is 11.3. The number of rotatable bonds is 3. The Labute approximate surface area is 185 Å². The number of piperazine rings is 1. The predicted molar refractivity (Wildman–Crippen MR) is 125 cm³/mol. The van der Waals surface area contributed by atoms with Gasteiger partial charge in [-0.05, 0) is 79.5 Å². The van der Waals surface area contributed by atoms with Gasteiger partial charge < -0.3 is 4.90 Å². The van der Waals surface area contributed by atoms with Crippen molar-refractivity contribution in [1.82, 2.24) is 19.7 Å². The largest absolute Gasteiger partial charge is 0.304 e. The number of pyridine rings is 1. The number of likely N-dealkylation sites (N-methyl/N-ethyl adjacent to an activating group) is 1. The summed E-state index contributed by atoms with van der Waals surface area (Å²) in [6.07, 6.45) is 8.19. The van der Waals surface area contributed by atoms with Crippen molar-refractivity contribution in [3.63, 3.8) is 0 Å². The van der Waals surface area contributed by atoms with E-state index in [-0.39, 0.29) is 6.04 Å². The van der Waals surface area contributed by atoms with Crippen LogP contribution in [0.1, 0.15) is 47.7 Å². The van der Waals surface area contributed by atoms with Crippen LogP contribution in [0.2, 0.25) is 5.02 Å². The Morgan fingerprint density at radius 1 is 1.00 bits per heavy atom. The van der Waals surface area contributed by atoms with Crippen LogP contribution in [-0.2, 0) is 0 Å². The topological polar surface area (TPSA) is 22.6 Å². The van der Waals surface area contributed by atoms with E-state index in [1.165, 1.54) is 47.2 Å². The fourth-order valence-electron chi connectivity index (χ4n) is 5.16. The number of nitrogens with zero attached hydrogens (tertiary/aromatic N) is 4. The van der Waals surface area contributed by atoms with E-state index in [2.05, 4.69) is 58.2 Å². The van der Waals surface area contributed by atoms with E-state index in [0.717, 1.165) is 50.8 Å². The first-order chi connectivity index (χ1) is 14.7. The highest BCUT2D eigenvalue weighted by molar-refractivity contribution is 6.30. The molecular formula is C25H31ClN4. The van der Waals surface area contributed by atoms with Gasteiger partial charge in [-0.3, -0.25) is 14.8 Å². The molecule has 5 heteroatoms. The summed E-state index contributed by atoms with van der Waals surface area (Å²) in [6.45, 7) is 7.71. The monoisotopic (exact) mass is 422 g/mol. The molecule has 30 heavy (non-hydrogen) atoms. The first kappa shape index (κ1) is 20.2. The molecule has 1 unspecified atom stereocenters. The fourth-order valence-corrected chi connectivity index (χ4v) is 5.33.